The average Bonchev–Trinajstić information content (AvgIpc) is 2.73. The van der Waals surface area contributed by atoms with Gasteiger partial charge in [-0.15, -0.1) is 0 Å². The Morgan fingerprint density at radius 2 is 1.79 bits per heavy atom. The number of nitrogens with one attached hydrogen (secondary N) is 2. The van der Waals surface area contributed by atoms with Crippen LogP contribution in [0, 0.1) is 13.8 Å². The van der Waals surface area contributed by atoms with Gasteiger partial charge in [0, 0.05) is 18.7 Å². The van der Waals surface area contributed by atoms with Crippen molar-refractivity contribution in [2.75, 3.05) is 0 Å². The highest BCUT2D eigenvalue weighted by Gasteiger charge is 2.06. The molecule has 0 aliphatic heterocycles. The highest BCUT2D eigenvalue weighted by Crippen LogP contribution is 2.12. The number of furan rings is 1. The summed E-state index contributed by atoms with van der Waals surface area (Å²) in [6.07, 6.45) is 0. The minimum absolute atomic E-state index is 0.179. The molecule has 2 N–H and O–H groups in total. The first-order valence-corrected chi connectivity index (χ1v) is 6.26. The van der Waals surface area contributed by atoms with Crippen LogP contribution < -0.4 is 10.6 Å². The maximum absolute atomic E-state index is 11.7. The molecule has 0 aliphatic rings. The molecule has 4 heteroatoms. The molecule has 1 aromatic heterocycles. The van der Waals surface area contributed by atoms with Gasteiger partial charge in [-0.2, -0.15) is 0 Å². The van der Waals surface area contributed by atoms with Gasteiger partial charge < -0.3 is 15.1 Å². The SMILES string of the molecule is Cc1cc(CNC(=O)NCc2ccccc2)c(C)o1. The first-order valence-electron chi connectivity index (χ1n) is 6.26. The van der Waals surface area contributed by atoms with Gasteiger partial charge in [-0.1, -0.05) is 30.3 Å². The van der Waals surface area contributed by atoms with E-state index in [1.807, 2.05) is 50.2 Å². The van der Waals surface area contributed by atoms with Crippen molar-refractivity contribution in [1.29, 1.82) is 0 Å². The predicted molar refractivity (Wildman–Crippen MR) is 73.7 cm³/mol. The molecule has 0 aliphatic carbocycles. The van der Waals surface area contributed by atoms with E-state index in [1.165, 1.54) is 0 Å². The van der Waals surface area contributed by atoms with Crippen LogP contribution in [-0.2, 0) is 13.1 Å². The number of hydrogen-bond donors (Lipinski definition) is 2. The van der Waals surface area contributed by atoms with Crippen LogP contribution in [0.25, 0.3) is 0 Å². The number of amides is 2. The van der Waals surface area contributed by atoms with Gasteiger partial charge >= 0.3 is 6.03 Å². The average molecular weight is 258 g/mol. The van der Waals surface area contributed by atoms with E-state index in [0.29, 0.717) is 13.1 Å². The minimum Gasteiger partial charge on any atom is -0.466 e. The molecule has 2 aromatic rings. The van der Waals surface area contributed by atoms with Crippen LogP contribution in [0.2, 0.25) is 0 Å². The number of rotatable bonds is 4. The second-order valence-electron chi connectivity index (χ2n) is 4.46. The summed E-state index contributed by atoms with van der Waals surface area (Å²) in [6, 6.07) is 11.6. The molecule has 0 bridgehead atoms. The van der Waals surface area contributed by atoms with Crippen molar-refractivity contribution in [3.05, 3.63) is 59.0 Å². The third-order valence-electron chi connectivity index (χ3n) is 2.88. The van der Waals surface area contributed by atoms with Crippen LogP contribution in [-0.4, -0.2) is 6.03 Å². The van der Waals surface area contributed by atoms with E-state index < -0.39 is 0 Å². The Bertz CT molecular complexity index is 547. The Labute approximate surface area is 112 Å². The van der Waals surface area contributed by atoms with Crippen molar-refractivity contribution in [2.45, 2.75) is 26.9 Å². The molecule has 0 saturated heterocycles. The zero-order chi connectivity index (χ0) is 13.7. The highest BCUT2D eigenvalue weighted by molar-refractivity contribution is 5.73. The summed E-state index contributed by atoms with van der Waals surface area (Å²) in [5.74, 6) is 1.71. The van der Waals surface area contributed by atoms with E-state index in [2.05, 4.69) is 10.6 Å². The summed E-state index contributed by atoms with van der Waals surface area (Å²) in [5.41, 5.74) is 2.08. The van der Waals surface area contributed by atoms with Gasteiger partial charge in [-0.3, -0.25) is 0 Å². The molecule has 0 radical (unpaired) electrons. The fraction of sp³-hybridized carbons (Fsp3) is 0.267. The standard InChI is InChI=1S/C15H18N2O2/c1-11-8-14(12(2)19-11)10-17-15(18)16-9-13-6-4-3-5-7-13/h3-8H,9-10H2,1-2H3,(H2,16,17,18). The third-order valence-corrected chi connectivity index (χ3v) is 2.88. The summed E-state index contributed by atoms with van der Waals surface area (Å²) in [4.78, 5) is 11.7. The number of aryl methyl sites for hydroxylation is 2. The number of carbonyl (C=O) groups excluding carboxylic acids is 1. The number of carbonyl (C=O) groups is 1. The fourth-order valence-corrected chi connectivity index (χ4v) is 1.88. The lowest BCUT2D eigenvalue weighted by atomic mass is 10.2. The molecule has 2 amide bonds. The second-order valence-corrected chi connectivity index (χ2v) is 4.46. The normalized spacial score (nSPS) is 10.2. The quantitative estimate of drug-likeness (QED) is 0.886. The number of urea groups is 1. The van der Waals surface area contributed by atoms with E-state index >= 15 is 0 Å². The van der Waals surface area contributed by atoms with Crippen LogP contribution >= 0.6 is 0 Å². The van der Waals surface area contributed by atoms with Gasteiger partial charge in [0.15, 0.2) is 0 Å². The molecule has 0 atom stereocenters. The summed E-state index contributed by atoms with van der Waals surface area (Å²) >= 11 is 0. The molecule has 19 heavy (non-hydrogen) atoms. The Morgan fingerprint density at radius 3 is 2.42 bits per heavy atom. The molecule has 1 aromatic carbocycles. The van der Waals surface area contributed by atoms with E-state index in [9.17, 15) is 4.79 Å². The summed E-state index contributed by atoms with van der Waals surface area (Å²) in [7, 11) is 0. The van der Waals surface area contributed by atoms with Gasteiger partial charge in [-0.25, -0.2) is 4.79 Å². The van der Waals surface area contributed by atoms with Crippen molar-refractivity contribution in [2.24, 2.45) is 0 Å². The molecule has 4 nitrogen and oxygen atoms in total. The molecule has 1 heterocycles. The van der Waals surface area contributed by atoms with Crippen molar-refractivity contribution in [1.82, 2.24) is 10.6 Å². The van der Waals surface area contributed by atoms with Crippen molar-refractivity contribution in [3.63, 3.8) is 0 Å². The zero-order valence-corrected chi connectivity index (χ0v) is 11.2. The monoisotopic (exact) mass is 258 g/mol. The lowest BCUT2D eigenvalue weighted by molar-refractivity contribution is 0.240. The maximum Gasteiger partial charge on any atom is 0.315 e. The van der Waals surface area contributed by atoms with E-state index in [4.69, 9.17) is 4.42 Å². The fourth-order valence-electron chi connectivity index (χ4n) is 1.88. The van der Waals surface area contributed by atoms with Crippen LogP contribution in [0.4, 0.5) is 4.79 Å². The van der Waals surface area contributed by atoms with Crippen LogP contribution in [0.15, 0.2) is 40.8 Å². The van der Waals surface area contributed by atoms with Gasteiger partial charge in [0.1, 0.15) is 11.5 Å². The largest absolute Gasteiger partial charge is 0.466 e. The first-order chi connectivity index (χ1) is 9.15. The van der Waals surface area contributed by atoms with E-state index in [0.717, 1.165) is 22.6 Å². The second kappa shape index (κ2) is 6.09. The maximum atomic E-state index is 11.7. The molecular weight excluding hydrogens is 240 g/mol. The predicted octanol–water partition coefficient (Wildman–Crippen LogP) is 2.90. The molecule has 0 unspecified atom stereocenters. The summed E-state index contributed by atoms with van der Waals surface area (Å²) < 4.78 is 5.40. The van der Waals surface area contributed by atoms with Crippen molar-refractivity contribution in [3.8, 4) is 0 Å². The molecule has 2 rings (SSSR count). The topological polar surface area (TPSA) is 54.3 Å². The van der Waals surface area contributed by atoms with Crippen molar-refractivity contribution < 1.29 is 9.21 Å². The molecular formula is C15H18N2O2. The zero-order valence-electron chi connectivity index (χ0n) is 11.2. The minimum atomic E-state index is -0.179. The van der Waals surface area contributed by atoms with E-state index in [1.54, 1.807) is 0 Å². The number of benzene rings is 1. The Morgan fingerprint density at radius 1 is 1.11 bits per heavy atom. The summed E-state index contributed by atoms with van der Waals surface area (Å²) in [6.45, 7) is 4.79. The van der Waals surface area contributed by atoms with Crippen LogP contribution in [0.1, 0.15) is 22.6 Å². The van der Waals surface area contributed by atoms with Gasteiger partial charge in [0.2, 0.25) is 0 Å². The lowest BCUT2D eigenvalue weighted by Crippen LogP contribution is -2.34. The van der Waals surface area contributed by atoms with Crippen molar-refractivity contribution >= 4 is 6.03 Å². The van der Waals surface area contributed by atoms with Crippen LogP contribution in [0.5, 0.6) is 0 Å². The van der Waals surface area contributed by atoms with Gasteiger partial charge in [-0.05, 0) is 25.5 Å². The van der Waals surface area contributed by atoms with Gasteiger partial charge in [0.25, 0.3) is 0 Å². The Kier molecular flexibility index (Phi) is 4.23. The molecule has 0 saturated carbocycles. The Hall–Kier alpha value is -2.23. The molecule has 0 spiro atoms. The van der Waals surface area contributed by atoms with Crippen LogP contribution in [0.3, 0.4) is 0 Å². The van der Waals surface area contributed by atoms with Gasteiger partial charge in [0.05, 0.1) is 0 Å². The molecule has 0 fully saturated rings. The smallest absolute Gasteiger partial charge is 0.315 e. The highest BCUT2D eigenvalue weighted by atomic mass is 16.3. The third kappa shape index (κ3) is 3.88. The first kappa shape index (κ1) is 13.2. The summed E-state index contributed by atoms with van der Waals surface area (Å²) in [5, 5.41) is 5.63. The number of hydrogen-bond acceptors (Lipinski definition) is 2. The Balaban J connectivity index is 1.77. The van der Waals surface area contributed by atoms with E-state index in [-0.39, 0.29) is 6.03 Å². The molecule has 100 valence electrons. The lowest BCUT2D eigenvalue weighted by Gasteiger charge is -2.07.